The van der Waals surface area contributed by atoms with E-state index in [0.29, 0.717) is 0 Å². The summed E-state index contributed by atoms with van der Waals surface area (Å²) in [4.78, 5) is 12.8. The number of phenolic OH excluding ortho intramolecular Hbond substituents is 4. The predicted octanol–water partition coefficient (Wildman–Crippen LogP) is 3.19. The molecular formula is C17H14O6. The van der Waals surface area contributed by atoms with E-state index in [1.807, 2.05) is 0 Å². The zero-order valence-electron chi connectivity index (χ0n) is 12.4. The van der Waals surface area contributed by atoms with Crippen LogP contribution in [0.25, 0.3) is 28.0 Å². The molecule has 0 aliphatic rings. The fourth-order valence-electron chi connectivity index (χ4n) is 2.55. The van der Waals surface area contributed by atoms with Crippen molar-refractivity contribution in [2.75, 3.05) is 0 Å². The molecule has 0 unspecified atom stereocenters. The van der Waals surface area contributed by atoms with Crippen molar-refractivity contribution in [3.8, 4) is 23.0 Å². The molecule has 118 valence electrons. The number of fused-ring (bicyclic) bond motifs is 2. The van der Waals surface area contributed by atoms with Gasteiger partial charge in [-0.25, -0.2) is 0 Å². The maximum atomic E-state index is 12.8. The molecular weight excluding hydrogens is 300 g/mol. The van der Waals surface area contributed by atoms with Crippen LogP contribution in [0.5, 0.6) is 23.0 Å². The summed E-state index contributed by atoms with van der Waals surface area (Å²) in [5.41, 5.74) is 0.210. The SMILES string of the molecule is CC(C)=Cc1c(O)cc(O)c2oc3cc(O)cc(O)c3c(=O)c12. The summed E-state index contributed by atoms with van der Waals surface area (Å²) in [6, 6.07) is 3.27. The summed E-state index contributed by atoms with van der Waals surface area (Å²) in [5, 5.41) is 39.3. The van der Waals surface area contributed by atoms with Gasteiger partial charge in [-0.3, -0.25) is 4.79 Å². The van der Waals surface area contributed by atoms with Crippen molar-refractivity contribution in [2.24, 2.45) is 0 Å². The van der Waals surface area contributed by atoms with E-state index in [9.17, 15) is 25.2 Å². The Morgan fingerprint density at radius 2 is 1.65 bits per heavy atom. The summed E-state index contributed by atoms with van der Waals surface area (Å²) >= 11 is 0. The van der Waals surface area contributed by atoms with Crippen LogP contribution in [0, 0.1) is 0 Å². The highest BCUT2D eigenvalue weighted by Gasteiger charge is 2.20. The average Bonchev–Trinajstić information content (AvgIpc) is 2.42. The van der Waals surface area contributed by atoms with Crippen LogP contribution in [0.3, 0.4) is 0 Å². The van der Waals surface area contributed by atoms with Crippen LogP contribution in [0.15, 0.2) is 33.0 Å². The van der Waals surface area contributed by atoms with Crippen molar-refractivity contribution in [2.45, 2.75) is 13.8 Å². The summed E-state index contributed by atoms with van der Waals surface area (Å²) in [6.07, 6.45) is 1.58. The van der Waals surface area contributed by atoms with E-state index in [-0.39, 0.29) is 39.0 Å². The molecule has 0 amide bonds. The molecule has 1 aromatic heterocycles. The molecule has 0 fully saturated rings. The summed E-state index contributed by atoms with van der Waals surface area (Å²) < 4.78 is 5.49. The standard InChI is InChI=1S/C17H14O6/c1-7(2)3-9-10(19)6-12(21)17-14(9)16(22)15-11(20)4-8(18)5-13(15)23-17/h3-6,18-21H,1-2H3. The molecule has 4 N–H and O–H groups in total. The Kier molecular flexibility index (Phi) is 3.18. The van der Waals surface area contributed by atoms with Gasteiger partial charge in [0.1, 0.15) is 28.2 Å². The fourth-order valence-corrected chi connectivity index (χ4v) is 2.55. The largest absolute Gasteiger partial charge is 0.508 e. The van der Waals surface area contributed by atoms with Crippen LogP contribution in [0.2, 0.25) is 0 Å². The number of hydrogen-bond acceptors (Lipinski definition) is 6. The van der Waals surface area contributed by atoms with Gasteiger partial charge in [-0.15, -0.1) is 0 Å². The minimum atomic E-state index is -0.613. The molecule has 6 nitrogen and oxygen atoms in total. The van der Waals surface area contributed by atoms with Crippen LogP contribution in [-0.2, 0) is 0 Å². The minimum absolute atomic E-state index is 0.0443. The molecule has 0 spiro atoms. The van der Waals surface area contributed by atoms with E-state index in [2.05, 4.69) is 0 Å². The number of allylic oxidation sites excluding steroid dienone is 1. The molecule has 0 atom stereocenters. The van der Waals surface area contributed by atoms with E-state index < -0.39 is 16.9 Å². The van der Waals surface area contributed by atoms with Crippen molar-refractivity contribution < 1.29 is 24.8 Å². The van der Waals surface area contributed by atoms with Gasteiger partial charge in [-0.05, 0) is 13.8 Å². The Morgan fingerprint density at radius 1 is 0.957 bits per heavy atom. The van der Waals surface area contributed by atoms with Crippen molar-refractivity contribution in [3.63, 3.8) is 0 Å². The Balaban J connectivity index is 2.65. The molecule has 0 radical (unpaired) electrons. The lowest BCUT2D eigenvalue weighted by molar-refractivity contribution is 0.443. The number of hydrogen-bond donors (Lipinski definition) is 4. The zero-order chi connectivity index (χ0) is 16.9. The molecule has 0 saturated heterocycles. The topological polar surface area (TPSA) is 111 Å². The summed E-state index contributed by atoms with van der Waals surface area (Å²) in [6.45, 7) is 3.58. The predicted molar refractivity (Wildman–Crippen MR) is 86.0 cm³/mol. The van der Waals surface area contributed by atoms with Crippen molar-refractivity contribution in [1.29, 1.82) is 0 Å². The molecule has 1 heterocycles. The normalized spacial score (nSPS) is 11.0. The second-order valence-corrected chi connectivity index (χ2v) is 5.52. The molecule has 0 bridgehead atoms. The van der Waals surface area contributed by atoms with Gasteiger partial charge in [-0.1, -0.05) is 11.6 Å². The molecule has 0 aliphatic carbocycles. The van der Waals surface area contributed by atoms with Gasteiger partial charge in [0.05, 0.1) is 5.39 Å². The van der Waals surface area contributed by atoms with E-state index >= 15 is 0 Å². The third kappa shape index (κ3) is 2.24. The van der Waals surface area contributed by atoms with E-state index in [4.69, 9.17) is 4.42 Å². The Labute approximate surface area is 130 Å². The Hall–Kier alpha value is -3.15. The van der Waals surface area contributed by atoms with Crippen LogP contribution < -0.4 is 5.43 Å². The second-order valence-electron chi connectivity index (χ2n) is 5.52. The Bertz CT molecular complexity index is 1040. The second kappa shape index (κ2) is 4.95. The first-order valence-electron chi connectivity index (χ1n) is 6.82. The van der Waals surface area contributed by atoms with E-state index in [0.717, 1.165) is 17.7 Å². The lowest BCUT2D eigenvalue weighted by Gasteiger charge is -2.09. The number of benzene rings is 2. The van der Waals surface area contributed by atoms with Crippen molar-refractivity contribution in [1.82, 2.24) is 0 Å². The fraction of sp³-hybridized carbons (Fsp3) is 0.118. The monoisotopic (exact) mass is 314 g/mol. The highest BCUT2D eigenvalue weighted by Crippen LogP contribution is 2.38. The third-order valence-corrected chi connectivity index (χ3v) is 3.44. The lowest BCUT2D eigenvalue weighted by Crippen LogP contribution is -2.04. The van der Waals surface area contributed by atoms with E-state index in [1.165, 1.54) is 6.07 Å². The van der Waals surface area contributed by atoms with Gasteiger partial charge in [0.25, 0.3) is 0 Å². The number of aromatic hydroxyl groups is 4. The first-order chi connectivity index (χ1) is 10.8. The van der Waals surface area contributed by atoms with Crippen LogP contribution in [-0.4, -0.2) is 20.4 Å². The molecule has 3 rings (SSSR count). The van der Waals surface area contributed by atoms with Gasteiger partial charge < -0.3 is 24.8 Å². The zero-order valence-corrected chi connectivity index (χ0v) is 12.4. The van der Waals surface area contributed by atoms with Crippen LogP contribution in [0.1, 0.15) is 19.4 Å². The van der Waals surface area contributed by atoms with E-state index in [1.54, 1.807) is 19.9 Å². The maximum Gasteiger partial charge on any atom is 0.205 e. The van der Waals surface area contributed by atoms with Crippen LogP contribution in [0.4, 0.5) is 0 Å². The molecule has 3 aromatic rings. The average molecular weight is 314 g/mol. The smallest absolute Gasteiger partial charge is 0.205 e. The van der Waals surface area contributed by atoms with Crippen molar-refractivity contribution >= 4 is 28.0 Å². The van der Waals surface area contributed by atoms with Crippen molar-refractivity contribution in [3.05, 3.63) is 39.6 Å². The van der Waals surface area contributed by atoms with Gasteiger partial charge in [0.15, 0.2) is 11.3 Å². The molecule has 0 aliphatic heterocycles. The first kappa shape index (κ1) is 14.8. The molecule has 2 aromatic carbocycles. The highest BCUT2D eigenvalue weighted by atomic mass is 16.4. The van der Waals surface area contributed by atoms with Crippen LogP contribution >= 0.6 is 0 Å². The molecule has 0 saturated carbocycles. The van der Waals surface area contributed by atoms with Gasteiger partial charge in [0.2, 0.25) is 5.43 Å². The number of rotatable bonds is 1. The highest BCUT2D eigenvalue weighted by molar-refractivity contribution is 6.00. The van der Waals surface area contributed by atoms with Gasteiger partial charge >= 0.3 is 0 Å². The summed E-state index contributed by atoms with van der Waals surface area (Å²) in [5.74, 6) is -1.41. The Morgan fingerprint density at radius 3 is 2.30 bits per heavy atom. The first-order valence-corrected chi connectivity index (χ1v) is 6.82. The van der Waals surface area contributed by atoms with Gasteiger partial charge in [0, 0.05) is 23.8 Å². The third-order valence-electron chi connectivity index (χ3n) is 3.44. The quantitative estimate of drug-likeness (QED) is 0.513. The molecule has 23 heavy (non-hydrogen) atoms. The molecule has 6 heteroatoms. The van der Waals surface area contributed by atoms with Gasteiger partial charge in [-0.2, -0.15) is 0 Å². The lowest BCUT2D eigenvalue weighted by atomic mass is 10.0. The number of phenols is 4. The summed E-state index contributed by atoms with van der Waals surface area (Å²) in [7, 11) is 0. The minimum Gasteiger partial charge on any atom is -0.508 e. The maximum absolute atomic E-state index is 12.8.